The molecule has 8 heteroatoms. The van der Waals surface area contributed by atoms with Crippen LogP contribution in [0.3, 0.4) is 0 Å². The molecule has 1 atom stereocenters. The Morgan fingerprint density at radius 1 is 1.40 bits per heavy atom. The summed E-state index contributed by atoms with van der Waals surface area (Å²) in [6, 6.07) is 0.00563. The minimum Gasteiger partial charge on any atom is -0.381 e. The van der Waals surface area contributed by atoms with E-state index in [1.54, 1.807) is 14.9 Å². The van der Waals surface area contributed by atoms with Crippen molar-refractivity contribution < 1.29 is 8.42 Å². The number of nitrogens with zero attached hydrogens (tertiary/aromatic N) is 3. The lowest BCUT2D eigenvalue weighted by molar-refractivity contribution is 0.341. The Morgan fingerprint density at radius 2 is 2.20 bits per heavy atom. The Labute approximate surface area is 122 Å². The molecule has 1 aliphatic rings. The van der Waals surface area contributed by atoms with E-state index in [-0.39, 0.29) is 16.9 Å². The predicted molar refractivity (Wildman–Crippen MR) is 79.3 cm³/mol. The predicted octanol–water partition coefficient (Wildman–Crippen LogP) is 1.93. The molecule has 0 aliphatic carbocycles. The molecule has 0 saturated carbocycles. The van der Waals surface area contributed by atoms with Gasteiger partial charge >= 0.3 is 0 Å². The molecule has 1 fully saturated rings. The SMILES string of the molecule is CC1CCCCCN1S(=O)(=O)c1c(N)nc2sccn12. The van der Waals surface area contributed by atoms with Crippen LogP contribution in [0.25, 0.3) is 4.96 Å². The van der Waals surface area contributed by atoms with Crippen LogP contribution in [0, 0.1) is 0 Å². The Balaban J connectivity index is 2.10. The zero-order valence-corrected chi connectivity index (χ0v) is 13.0. The highest BCUT2D eigenvalue weighted by molar-refractivity contribution is 7.89. The summed E-state index contributed by atoms with van der Waals surface area (Å²) in [6.07, 6.45) is 5.65. The summed E-state index contributed by atoms with van der Waals surface area (Å²) in [5, 5.41) is 1.93. The van der Waals surface area contributed by atoms with Gasteiger partial charge in [-0.2, -0.15) is 4.31 Å². The molecule has 2 aromatic rings. The fourth-order valence-electron chi connectivity index (χ4n) is 2.75. The number of imidazole rings is 1. The first-order chi connectivity index (χ1) is 9.51. The average Bonchev–Trinajstić information content (AvgIpc) is 2.83. The van der Waals surface area contributed by atoms with Crippen molar-refractivity contribution in [1.82, 2.24) is 13.7 Å². The normalized spacial score (nSPS) is 22.1. The lowest BCUT2D eigenvalue weighted by Crippen LogP contribution is -2.39. The van der Waals surface area contributed by atoms with Gasteiger partial charge in [0, 0.05) is 24.2 Å². The number of thiazole rings is 1. The lowest BCUT2D eigenvalue weighted by Gasteiger charge is -2.25. The maximum absolute atomic E-state index is 12.9. The Hall–Kier alpha value is -1.12. The summed E-state index contributed by atoms with van der Waals surface area (Å²) >= 11 is 1.38. The van der Waals surface area contributed by atoms with Crippen molar-refractivity contribution in [2.45, 2.75) is 43.7 Å². The van der Waals surface area contributed by atoms with Crippen LogP contribution >= 0.6 is 11.3 Å². The van der Waals surface area contributed by atoms with E-state index in [1.807, 2.05) is 12.3 Å². The van der Waals surface area contributed by atoms with Crippen molar-refractivity contribution in [2.24, 2.45) is 0 Å². The van der Waals surface area contributed by atoms with Crippen molar-refractivity contribution in [3.63, 3.8) is 0 Å². The quantitative estimate of drug-likeness (QED) is 0.918. The van der Waals surface area contributed by atoms with Gasteiger partial charge in [0.1, 0.15) is 0 Å². The third-order valence-corrected chi connectivity index (χ3v) is 6.60. The molecule has 0 bridgehead atoms. The minimum absolute atomic E-state index is 0.00563. The van der Waals surface area contributed by atoms with Crippen LogP contribution in [0.2, 0.25) is 0 Å². The smallest absolute Gasteiger partial charge is 0.263 e. The molecule has 0 aromatic carbocycles. The Kier molecular flexibility index (Phi) is 3.47. The number of aromatic nitrogens is 2. The Bertz CT molecular complexity index is 719. The number of nitrogen functional groups attached to an aromatic ring is 1. The van der Waals surface area contributed by atoms with E-state index < -0.39 is 10.0 Å². The summed E-state index contributed by atoms with van der Waals surface area (Å²) in [5.41, 5.74) is 5.84. The zero-order valence-electron chi connectivity index (χ0n) is 11.3. The van der Waals surface area contributed by atoms with Crippen LogP contribution < -0.4 is 5.73 Å². The van der Waals surface area contributed by atoms with E-state index >= 15 is 0 Å². The number of sulfonamides is 1. The van der Waals surface area contributed by atoms with Gasteiger partial charge in [-0.15, -0.1) is 11.3 Å². The highest BCUT2D eigenvalue weighted by Gasteiger charge is 2.34. The summed E-state index contributed by atoms with van der Waals surface area (Å²) in [4.78, 5) is 4.75. The van der Waals surface area contributed by atoms with Gasteiger partial charge in [-0.05, 0) is 19.8 Å². The van der Waals surface area contributed by atoms with Crippen LogP contribution in [-0.4, -0.2) is 34.7 Å². The number of rotatable bonds is 2. The first-order valence-electron chi connectivity index (χ1n) is 6.74. The fraction of sp³-hybridized carbons (Fsp3) is 0.583. The van der Waals surface area contributed by atoms with Gasteiger partial charge in [-0.3, -0.25) is 4.40 Å². The van der Waals surface area contributed by atoms with Crippen molar-refractivity contribution in [1.29, 1.82) is 0 Å². The minimum atomic E-state index is -3.60. The summed E-state index contributed by atoms with van der Waals surface area (Å²) in [7, 11) is -3.60. The molecular formula is C12H18N4O2S2. The second-order valence-electron chi connectivity index (χ2n) is 5.17. The molecule has 3 heterocycles. The summed E-state index contributed by atoms with van der Waals surface area (Å²) in [6.45, 7) is 2.52. The molecule has 110 valence electrons. The van der Waals surface area contributed by atoms with Gasteiger partial charge < -0.3 is 5.73 Å². The standard InChI is InChI=1S/C12H18N4O2S2/c1-9-5-3-2-4-6-16(9)20(17,18)11-10(13)14-12-15(11)7-8-19-12/h7-9H,2-6,13H2,1H3. The van der Waals surface area contributed by atoms with Gasteiger partial charge in [0.15, 0.2) is 15.8 Å². The number of fused-ring (bicyclic) bond motifs is 1. The van der Waals surface area contributed by atoms with E-state index in [2.05, 4.69) is 4.98 Å². The molecule has 0 amide bonds. The van der Waals surface area contributed by atoms with Gasteiger partial charge in [0.05, 0.1) is 0 Å². The maximum Gasteiger partial charge on any atom is 0.263 e. The molecule has 0 radical (unpaired) electrons. The third kappa shape index (κ3) is 2.11. The van der Waals surface area contributed by atoms with Crippen LogP contribution in [-0.2, 0) is 10.0 Å². The molecule has 1 unspecified atom stereocenters. The van der Waals surface area contributed by atoms with E-state index in [4.69, 9.17) is 5.73 Å². The van der Waals surface area contributed by atoms with Crippen molar-refractivity contribution in [3.8, 4) is 0 Å². The number of nitrogens with two attached hydrogens (primary N) is 1. The molecular weight excluding hydrogens is 296 g/mol. The molecule has 1 aliphatic heterocycles. The van der Waals surface area contributed by atoms with Crippen LogP contribution in [0.4, 0.5) is 5.82 Å². The van der Waals surface area contributed by atoms with E-state index in [1.165, 1.54) is 11.3 Å². The van der Waals surface area contributed by atoms with Gasteiger partial charge in [-0.1, -0.05) is 12.8 Å². The largest absolute Gasteiger partial charge is 0.381 e. The lowest BCUT2D eigenvalue weighted by atomic mass is 10.1. The molecule has 2 aromatic heterocycles. The van der Waals surface area contributed by atoms with Crippen LogP contribution in [0.15, 0.2) is 16.6 Å². The third-order valence-electron chi connectivity index (χ3n) is 3.79. The Morgan fingerprint density at radius 3 is 3.00 bits per heavy atom. The molecule has 3 rings (SSSR count). The highest BCUT2D eigenvalue weighted by atomic mass is 32.2. The molecule has 20 heavy (non-hydrogen) atoms. The molecule has 1 saturated heterocycles. The average molecular weight is 314 g/mol. The molecule has 2 N–H and O–H groups in total. The second kappa shape index (κ2) is 5.01. The van der Waals surface area contributed by atoms with E-state index in [9.17, 15) is 8.42 Å². The van der Waals surface area contributed by atoms with Crippen molar-refractivity contribution in [3.05, 3.63) is 11.6 Å². The number of anilines is 1. The monoisotopic (exact) mass is 314 g/mol. The first kappa shape index (κ1) is 13.8. The summed E-state index contributed by atoms with van der Waals surface area (Å²) in [5.74, 6) is 0.0910. The van der Waals surface area contributed by atoms with E-state index in [0.717, 1.165) is 25.7 Å². The topological polar surface area (TPSA) is 80.7 Å². The van der Waals surface area contributed by atoms with Gasteiger partial charge in [0.25, 0.3) is 10.0 Å². The zero-order chi connectivity index (χ0) is 14.3. The summed E-state index contributed by atoms with van der Waals surface area (Å²) < 4.78 is 29.0. The highest BCUT2D eigenvalue weighted by Crippen LogP contribution is 2.29. The van der Waals surface area contributed by atoms with Gasteiger partial charge in [-0.25, -0.2) is 13.4 Å². The maximum atomic E-state index is 12.9. The molecule has 6 nitrogen and oxygen atoms in total. The molecule has 0 spiro atoms. The number of hydrogen-bond donors (Lipinski definition) is 1. The van der Waals surface area contributed by atoms with Crippen LogP contribution in [0.5, 0.6) is 0 Å². The van der Waals surface area contributed by atoms with Gasteiger partial charge in [0.2, 0.25) is 0 Å². The first-order valence-corrected chi connectivity index (χ1v) is 9.06. The number of hydrogen-bond acceptors (Lipinski definition) is 5. The fourth-order valence-corrected chi connectivity index (χ4v) is 5.41. The van der Waals surface area contributed by atoms with Crippen molar-refractivity contribution in [2.75, 3.05) is 12.3 Å². The van der Waals surface area contributed by atoms with Crippen molar-refractivity contribution >= 4 is 32.1 Å². The van der Waals surface area contributed by atoms with Crippen LogP contribution in [0.1, 0.15) is 32.6 Å². The van der Waals surface area contributed by atoms with E-state index in [0.29, 0.717) is 11.5 Å². The second-order valence-corrected chi connectivity index (χ2v) is 7.85.